The van der Waals surface area contributed by atoms with Crippen molar-refractivity contribution in [3.05, 3.63) is 89.2 Å². The Balaban J connectivity index is 1.57. The highest BCUT2D eigenvalue weighted by Gasteiger charge is 2.44. The molecule has 0 radical (unpaired) electrons. The fraction of sp³-hybridized carbons (Fsp3) is 0.192. The van der Waals surface area contributed by atoms with Gasteiger partial charge in [-0.3, -0.25) is 14.5 Å². The molecule has 0 aliphatic carbocycles. The van der Waals surface area contributed by atoms with Gasteiger partial charge in [-0.25, -0.2) is 4.39 Å². The molecular weight excluding hydrogens is 489 g/mol. The van der Waals surface area contributed by atoms with Crippen molar-refractivity contribution in [1.82, 2.24) is 4.90 Å². The Labute approximate surface area is 213 Å². The first-order valence-electron chi connectivity index (χ1n) is 11.0. The van der Waals surface area contributed by atoms with Crippen molar-refractivity contribution in [1.29, 1.82) is 0 Å². The van der Waals surface area contributed by atoms with Crippen LogP contribution in [-0.2, 0) is 16.1 Å². The van der Waals surface area contributed by atoms with E-state index in [1.807, 2.05) is 6.92 Å². The highest BCUT2D eigenvalue weighted by molar-refractivity contribution is 7.80. The van der Waals surface area contributed by atoms with E-state index in [0.29, 0.717) is 34.3 Å². The van der Waals surface area contributed by atoms with Crippen molar-refractivity contribution in [2.75, 3.05) is 16.8 Å². The Morgan fingerprint density at radius 1 is 1.09 bits per heavy atom. The van der Waals surface area contributed by atoms with E-state index in [-0.39, 0.29) is 29.9 Å². The summed E-state index contributed by atoms with van der Waals surface area (Å²) in [4.78, 5) is 29.3. The minimum absolute atomic E-state index is 0.0440. The number of nitrogens with zero attached hydrogens (tertiary/aromatic N) is 2. The predicted molar refractivity (Wildman–Crippen MR) is 138 cm³/mol. The van der Waals surface area contributed by atoms with E-state index in [9.17, 15) is 14.0 Å². The molecule has 0 spiro atoms. The molecule has 4 rings (SSSR count). The number of amides is 2. The second-order valence-corrected chi connectivity index (χ2v) is 8.68. The molecule has 3 aromatic carbocycles. The standard InChI is InChI=1S/C26H23ClFN3O3S/c1-2-34-21-13-9-19(10-14-21)29-24(32)15-23-25(33)31(20-11-7-18(27)8-12-20)26(35)30(23)16-17-5-3-4-6-22(17)28/h3-14,23H,2,15-16H2,1H3,(H,29,32)/t23-/m0/s1. The predicted octanol–water partition coefficient (Wildman–Crippen LogP) is 5.41. The summed E-state index contributed by atoms with van der Waals surface area (Å²) in [5.41, 5.74) is 1.47. The second kappa shape index (κ2) is 10.8. The monoisotopic (exact) mass is 511 g/mol. The fourth-order valence-electron chi connectivity index (χ4n) is 3.84. The second-order valence-electron chi connectivity index (χ2n) is 7.88. The molecular formula is C26H23ClFN3O3S. The number of carbonyl (C=O) groups is 2. The van der Waals surface area contributed by atoms with Gasteiger partial charge in [0.15, 0.2) is 5.11 Å². The maximum absolute atomic E-state index is 14.4. The van der Waals surface area contributed by atoms with Crippen molar-refractivity contribution in [2.45, 2.75) is 25.9 Å². The highest BCUT2D eigenvalue weighted by atomic mass is 35.5. The van der Waals surface area contributed by atoms with Gasteiger partial charge in [-0.15, -0.1) is 0 Å². The molecule has 1 aliphatic rings. The van der Waals surface area contributed by atoms with Gasteiger partial charge in [0.05, 0.1) is 18.7 Å². The average Bonchev–Trinajstić information content (AvgIpc) is 3.06. The maximum atomic E-state index is 14.4. The number of hydrogen-bond donors (Lipinski definition) is 1. The third-order valence-corrected chi connectivity index (χ3v) is 6.20. The summed E-state index contributed by atoms with van der Waals surface area (Å²) in [5.74, 6) is -0.455. The lowest BCUT2D eigenvalue weighted by atomic mass is 10.1. The van der Waals surface area contributed by atoms with Gasteiger partial charge in [0, 0.05) is 22.8 Å². The quantitative estimate of drug-likeness (QED) is 0.410. The first-order valence-corrected chi connectivity index (χ1v) is 11.8. The van der Waals surface area contributed by atoms with E-state index in [2.05, 4.69) is 5.32 Å². The van der Waals surface area contributed by atoms with Crippen LogP contribution < -0.4 is 15.0 Å². The van der Waals surface area contributed by atoms with Crippen molar-refractivity contribution in [3.63, 3.8) is 0 Å². The summed E-state index contributed by atoms with van der Waals surface area (Å²) in [6.45, 7) is 2.47. The molecule has 180 valence electrons. The van der Waals surface area contributed by atoms with Crippen LogP contribution in [0.1, 0.15) is 18.9 Å². The van der Waals surface area contributed by atoms with Gasteiger partial charge < -0.3 is 15.0 Å². The Bertz CT molecular complexity index is 1240. The third kappa shape index (κ3) is 5.61. The molecule has 1 saturated heterocycles. The lowest BCUT2D eigenvalue weighted by molar-refractivity contribution is -0.124. The van der Waals surface area contributed by atoms with Gasteiger partial charge in [-0.05, 0) is 73.7 Å². The van der Waals surface area contributed by atoms with Crippen LogP contribution in [0, 0.1) is 5.82 Å². The molecule has 0 unspecified atom stereocenters. The molecule has 1 atom stereocenters. The lowest BCUT2D eigenvalue weighted by Crippen LogP contribution is -2.37. The summed E-state index contributed by atoms with van der Waals surface area (Å²) in [6.07, 6.45) is -0.162. The molecule has 2 amide bonds. The number of halogens is 2. The van der Waals surface area contributed by atoms with E-state index in [1.54, 1.807) is 71.6 Å². The Hall–Kier alpha value is -3.49. The van der Waals surface area contributed by atoms with Gasteiger partial charge in [0.2, 0.25) is 5.91 Å². The number of nitrogens with one attached hydrogen (secondary N) is 1. The first-order chi connectivity index (χ1) is 16.9. The molecule has 1 fully saturated rings. The molecule has 1 N–H and O–H groups in total. The van der Waals surface area contributed by atoms with Gasteiger partial charge in [-0.1, -0.05) is 29.8 Å². The molecule has 9 heteroatoms. The van der Waals surface area contributed by atoms with Crippen molar-refractivity contribution >= 4 is 52.1 Å². The van der Waals surface area contributed by atoms with Crippen LogP contribution in [0.2, 0.25) is 5.02 Å². The summed E-state index contributed by atoms with van der Waals surface area (Å²) in [6, 6.07) is 19.0. The number of thiocarbonyl (C=S) groups is 1. The molecule has 35 heavy (non-hydrogen) atoms. The van der Waals surface area contributed by atoms with Crippen LogP contribution in [0.15, 0.2) is 72.8 Å². The van der Waals surface area contributed by atoms with Crippen molar-refractivity contribution in [3.8, 4) is 5.75 Å². The normalized spacial score (nSPS) is 15.5. The van der Waals surface area contributed by atoms with E-state index in [0.717, 1.165) is 0 Å². The van der Waals surface area contributed by atoms with Gasteiger partial charge in [0.25, 0.3) is 5.91 Å². The molecule has 1 aliphatic heterocycles. The Morgan fingerprint density at radius 2 is 1.77 bits per heavy atom. The van der Waals surface area contributed by atoms with Crippen LogP contribution in [0.3, 0.4) is 0 Å². The van der Waals surface area contributed by atoms with Gasteiger partial charge in [0.1, 0.15) is 17.6 Å². The van der Waals surface area contributed by atoms with Gasteiger partial charge in [-0.2, -0.15) is 0 Å². The molecule has 0 saturated carbocycles. The summed E-state index contributed by atoms with van der Waals surface area (Å²) in [5, 5.41) is 3.51. The number of benzene rings is 3. The third-order valence-electron chi connectivity index (χ3n) is 5.53. The van der Waals surface area contributed by atoms with Crippen LogP contribution in [0.4, 0.5) is 15.8 Å². The highest BCUT2D eigenvalue weighted by Crippen LogP contribution is 2.30. The number of hydrogen-bond acceptors (Lipinski definition) is 4. The Morgan fingerprint density at radius 3 is 2.43 bits per heavy atom. The number of carbonyl (C=O) groups excluding carboxylic acids is 2. The lowest BCUT2D eigenvalue weighted by Gasteiger charge is -2.24. The summed E-state index contributed by atoms with van der Waals surface area (Å²) >= 11 is 11.6. The van der Waals surface area contributed by atoms with Crippen LogP contribution in [0.25, 0.3) is 0 Å². The summed E-state index contributed by atoms with van der Waals surface area (Å²) in [7, 11) is 0. The fourth-order valence-corrected chi connectivity index (χ4v) is 4.35. The van der Waals surface area contributed by atoms with E-state index in [4.69, 9.17) is 28.6 Å². The average molecular weight is 512 g/mol. The zero-order chi connectivity index (χ0) is 24.9. The molecule has 6 nitrogen and oxygen atoms in total. The molecule has 1 heterocycles. The van der Waals surface area contributed by atoms with Crippen molar-refractivity contribution in [2.24, 2.45) is 0 Å². The minimum atomic E-state index is -0.902. The zero-order valence-corrected chi connectivity index (χ0v) is 20.5. The van der Waals surface area contributed by atoms with E-state index < -0.39 is 11.9 Å². The van der Waals surface area contributed by atoms with Crippen LogP contribution in [0.5, 0.6) is 5.75 Å². The number of rotatable bonds is 8. The minimum Gasteiger partial charge on any atom is -0.494 e. The van der Waals surface area contributed by atoms with Crippen LogP contribution in [-0.4, -0.2) is 34.5 Å². The van der Waals surface area contributed by atoms with Gasteiger partial charge >= 0.3 is 0 Å². The first kappa shape index (κ1) is 24.6. The van der Waals surface area contributed by atoms with E-state index >= 15 is 0 Å². The molecule has 3 aromatic rings. The Kier molecular flexibility index (Phi) is 7.63. The van der Waals surface area contributed by atoms with E-state index in [1.165, 1.54) is 11.0 Å². The van der Waals surface area contributed by atoms with Crippen LogP contribution >= 0.6 is 23.8 Å². The molecule has 0 aromatic heterocycles. The molecule has 0 bridgehead atoms. The SMILES string of the molecule is CCOc1ccc(NC(=O)C[C@H]2C(=O)N(c3ccc(Cl)cc3)C(=S)N2Cc2ccccc2F)cc1. The number of ether oxygens (including phenoxy) is 1. The summed E-state index contributed by atoms with van der Waals surface area (Å²) < 4.78 is 19.8. The smallest absolute Gasteiger partial charge is 0.256 e. The zero-order valence-electron chi connectivity index (χ0n) is 18.9. The largest absolute Gasteiger partial charge is 0.494 e. The van der Waals surface area contributed by atoms with Crippen molar-refractivity contribution < 1.29 is 18.7 Å². The topological polar surface area (TPSA) is 61.9 Å². The number of anilines is 2. The maximum Gasteiger partial charge on any atom is 0.256 e.